The lowest BCUT2D eigenvalue weighted by atomic mass is 10.1. The molecule has 104 valence electrons. The van der Waals surface area contributed by atoms with Crippen molar-refractivity contribution in [2.24, 2.45) is 10.9 Å². The first-order valence-corrected chi connectivity index (χ1v) is 6.37. The predicted molar refractivity (Wildman–Crippen MR) is 80.3 cm³/mol. The van der Waals surface area contributed by atoms with Crippen LogP contribution in [0.3, 0.4) is 0 Å². The lowest BCUT2D eigenvalue weighted by Crippen LogP contribution is -2.18. The molecule has 0 saturated carbocycles. The van der Waals surface area contributed by atoms with Crippen LogP contribution in [0.15, 0.2) is 47.9 Å². The van der Waals surface area contributed by atoms with E-state index in [1.54, 1.807) is 24.5 Å². The monoisotopic (exact) mass is 290 g/mol. The normalized spacial score (nSPS) is 11.4. The SMILES string of the molecule is CN(Cc1ccncc1)c1ccc(C(N)=NO)cc1Cl. The maximum atomic E-state index is 8.66. The Morgan fingerprint density at radius 1 is 1.35 bits per heavy atom. The quantitative estimate of drug-likeness (QED) is 0.393. The highest BCUT2D eigenvalue weighted by Gasteiger charge is 2.09. The molecule has 5 nitrogen and oxygen atoms in total. The number of nitrogens with two attached hydrogens (primary N) is 1. The zero-order valence-corrected chi connectivity index (χ0v) is 11.7. The number of pyridine rings is 1. The summed E-state index contributed by atoms with van der Waals surface area (Å²) in [5.41, 5.74) is 8.13. The molecular weight excluding hydrogens is 276 g/mol. The molecular formula is C14H15ClN4O. The number of nitrogens with zero attached hydrogens (tertiary/aromatic N) is 3. The van der Waals surface area contributed by atoms with Crippen molar-refractivity contribution in [2.75, 3.05) is 11.9 Å². The van der Waals surface area contributed by atoms with E-state index in [1.165, 1.54) is 0 Å². The van der Waals surface area contributed by atoms with Crippen LogP contribution in [0.2, 0.25) is 5.02 Å². The maximum Gasteiger partial charge on any atom is 0.170 e. The number of hydrogen-bond donors (Lipinski definition) is 2. The van der Waals surface area contributed by atoms with Crippen LogP contribution in [-0.2, 0) is 6.54 Å². The first-order valence-electron chi connectivity index (χ1n) is 5.99. The molecule has 2 aromatic rings. The summed E-state index contributed by atoms with van der Waals surface area (Å²) in [4.78, 5) is 6.01. The van der Waals surface area contributed by atoms with E-state index in [0.717, 1.165) is 11.3 Å². The van der Waals surface area contributed by atoms with Crippen molar-refractivity contribution in [2.45, 2.75) is 6.54 Å². The average molecular weight is 291 g/mol. The van der Waals surface area contributed by atoms with E-state index in [0.29, 0.717) is 17.1 Å². The van der Waals surface area contributed by atoms with Gasteiger partial charge in [-0.05, 0) is 35.9 Å². The van der Waals surface area contributed by atoms with Gasteiger partial charge in [0, 0.05) is 31.5 Å². The third kappa shape index (κ3) is 3.19. The molecule has 1 aromatic carbocycles. The van der Waals surface area contributed by atoms with Crippen LogP contribution in [0.25, 0.3) is 0 Å². The van der Waals surface area contributed by atoms with E-state index < -0.39 is 0 Å². The largest absolute Gasteiger partial charge is 0.409 e. The van der Waals surface area contributed by atoms with Gasteiger partial charge in [0.15, 0.2) is 5.84 Å². The molecule has 0 bridgehead atoms. The fraction of sp³-hybridized carbons (Fsp3) is 0.143. The molecule has 0 atom stereocenters. The molecule has 0 saturated heterocycles. The molecule has 0 fully saturated rings. The van der Waals surface area contributed by atoms with E-state index in [9.17, 15) is 0 Å². The van der Waals surface area contributed by atoms with Gasteiger partial charge in [0.05, 0.1) is 10.7 Å². The number of anilines is 1. The fourth-order valence-electron chi connectivity index (χ4n) is 1.88. The van der Waals surface area contributed by atoms with Crippen molar-refractivity contribution in [3.05, 3.63) is 58.9 Å². The van der Waals surface area contributed by atoms with E-state index in [4.69, 9.17) is 22.5 Å². The Kier molecular flexibility index (Phi) is 4.42. The number of rotatable bonds is 4. The Balaban J connectivity index is 2.20. The molecule has 0 aliphatic rings. The second-order valence-corrected chi connectivity index (χ2v) is 4.77. The van der Waals surface area contributed by atoms with Gasteiger partial charge < -0.3 is 15.8 Å². The summed E-state index contributed by atoms with van der Waals surface area (Å²) in [6.07, 6.45) is 3.51. The summed E-state index contributed by atoms with van der Waals surface area (Å²) in [7, 11) is 1.95. The van der Waals surface area contributed by atoms with Gasteiger partial charge in [-0.25, -0.2) is 0 Å². The highest BCUT2D eigenvalue weighted by atomic mass is 35.5. The topological polar surface area (TPSA) is 74.7 Å². The predicted octanol–water partition coefficient (Wildman–Crippen LogP) is 2.47. The molecule has 2 rings (SSSR count). The number of oxime groups is 1. The minimum atomic E-state index is 0.0373. The Hall–Kier alpha value is -2.27. The van der Waals surface area contributed by atoms with Crippen molar-refractivity contribution in [3.8, 4) is 0 Å². The van der Waals surface area contributed by atoms with Crippen molar-refractivity contribution in [1.29, 1.82) is 0 Å². The van der Waals surface area contributed by atoms with E-state index in [2.05, 4.69) is 10.1 Å². The number of benzene rings is 1. The van der Waals surface area contributed by atoms with Gasteiger partial charge in [0.2, 0.25) is 0 Å². The molecule has 0 aliphatic carbocycles. The molecule has 3 N–H and O–H groups in total. The summed E-state index contributed by atoms with van der Waals surface area (Å²) in [5, 5.41) is 12.2. The number of amidine groups is 1. The Labute approximate surface area is 122 Å². The number of hydrogen-bond acceptors (Lipinski definition) is 4. The summed E-state index contributed by atoms with van der Waals surface area (Å²) < 4.78 is 0. The minimum Gasteiger partial charge on any atom is -0.409 e. The lowest BCUT2D eigenvalue weighted by Gasteiger charge is -2.21. The highest BCUT2D eigenvalue weighted by Crippen LogP contribution is 2.27. The van der Waals surface area contributed by atoms with E-state index in [-0.39, 0.29) is 5.84 Å². The molecule has 0 unspecified atom stereocenters. The lowest BCUT2D eigenvalue weighted by molar-refractivity contribution is 0.318. The van der Waals surface area contributed by atoms with Crippen LogP contribution < -0.4 is 10.6 Å². The molecule has 0 aliphatic heterocycles. The first-order chi connectivity index (χ1) is 9.61. The van der Waals surface area contributed by atoms with Gasteiger partial charge in [-0.15, -0.1) is 0 Å². The zero-order valence-electron chi connectivity index (χ0n) is 11.0. The molecule has 1 aromatic heterocycles. The van der Waals surface area contributed by atoms with Gasteiger partial charge in [0.1, 0.15) is 0 Å². The maximum absolute atomic E-state index is 8.66. The van der Waals surface area contributed by atoms with Crippen LogP contribution in [-0.4, -0.2) is 23.1 Å². The highest BCUT2D eigenvalue weighted by molar-refractivity contribution is 6.33. The standard InChI is InChI=1S/C14H15ClN4O/c1-19(9-10-4-6-17-7-5-10)13-3-2-11(8-12(13)15)14(16)18-20/h2-8,20H,9H2,1H3,(H2,16,18). The molecule has 1 heterocycles. The zero-order chi connectivity index (χ0) is 14.5. The van der Waals surface area contributed by atoms with E-state index in [1.807, 2.05) is 30.1 Å². The summed E-state index contributed by atoms with van der Waals surface area (Å²) >= 11 is 6.25. The van der Waals surface area contributed by atoms with Crippen LogP contribution in [0.1, 0.15) is 11.1 Å². The van der Waals surface area contributed by atoms with Crippen LogP contribution in [0.5, 0.6) is 0 Å². The van der Waals surface area contributed by atoms with Crippen molar-refractivity contribution >= 4 is 23.1 Å². The number of halogens is 1. The van der Waals surface area contributed by atoms with Crippen LogP contribution in [0.4, 0.5) is 5.69 Å². The molecule has 0 spiro atoms. The second kappa shape index (κ2) is 6.25. The average Bonchev–Trinajstić information content (AvgIpc) is 2.47. The summed E-state index contributed by atoms with van der Waals surface area (Å²) in [5.74, 6) is 0.0373. The van der Waals surface area contributed by atoms with Crippen LogP contribution in [0, 0.1) is 0 Å². The van der Waals surface area contributed by atoms with Gasteiger partial charge >= 0.3 is 0 Å². The molecule has 6 heteroatoms. The summed E-state index contributed by atoms with van der Waals surface area (Å²) in [6, 6.07) is 9.19. The third-order valence-electron chi connectivity index (χ3n) is 2.93. The molecule has 20 heavy (non-hydrogen) atoms. The third-order valence-corrected chi connectivity index (χ3v) is 3.23. The first kappa shape index (κ1) is 14.1. The summed E-state index contributed by atoms with van der Waals surface area (Å²) in [6.45, 7) is 0.713. The van der Waals surface area contributed by atoms with Crippen molar-refractivity contribution in [1.82, 2.24) is 4.98 Å². The van der Waals surface area contributed by atoms with Gasteiger partial charge in [-0.1, -0.05) is 16.8 Å². The Morgan fingerprint density at radius 2 is 2.05 bits per heavy atom. The van der Waals surface area contributed by atoms with Gasteiger partial charge in [-0.3, -0.25) is 4.98 Å². The van der Waals surface area contributed by atoms with Gasteiger partial charge in [-0.2, -0.15) is 0 Å². The molecule has 0 radical (unpaired) electrons. The van der Waals surface area contributed by atoms with Crippen molar-refractivity contribution in [3.63, 3.8) is 0 Å². The Morgan fingerprint density at radius 3 is 2.65 bits per heavy atom. The number of aromatic nitrogens is 1. The fourth-order valence-corrected chi connectivity index (χ4v) is 2.21. The second-order valence-electron chi connectivity index (χ2n) is 4.36. The van der Waals surface area contributed by atoms with E-state index >= 15 is 0 Å². The molecule has 0 amide bonds. The smallest absolute Gasteiger partial charge is 0.170 e. The Bertz CT molecular complexity index is 616. The van der Waals surface area contributed by atoms with Gasteiger partial charge in [0.25, 0.3) is 0 Å². The minimum absolute atomic E-state index is 0.0373. The van der Waals surface area contributed by atoms with Crippen LogP contribution >= 0.6 is 11.6 Å². The van der Waals surface area contributed by atoms with Crippen molar-refractivity contribution < 1.29 is 5.21 Å².